The molecule has 1 saturated heterocycles. The van der Waals surface area contributed by atoms with E-state index >= 15 is 0 Å². The van der Waals surface area contributed by atoms with E-state index in [1.807, 2.05) is 0 Å². The number of guanidine groups is 1. The minimum Gasteiger partial charge on any atom is -0.357 e. The van der Waals surface area contributed by atoms with Crippen molar-refractivity contribution in [1.29, 1.82) is 0 Å². The molecule has 6 nitrogen and oxygen atoms in total. The predicted molar refractivity (Wildman–Crippen MR) is 104 cm³/mol. The molecule has 0 bridgehead atoms. The Bertz CT molecular complexity index is 414. The van der Waals surface area contributed by atoms with Crippen molar-refractivity contribution in [3.8, 4) is 0 Å². The Hall–Kier alpha value is -1.30. The number of nitrogens with zero attached hydrogens (tertiary/aromatic N) is 2. The molecule has 0 aromatic rings. The van der Waals surface area contributed by atoms with Gasteiger partial charge in [0.25, 0.3) is 0 Å². The smallest absolute Gasteiger partial charge is 0.234 e. The lowest BCUT2D eigenvalue weighted by atomic mass is 10.1. The summed E-state index contributed by atoms with van der Waals surface area (Å²) >= 11 is 0. The summed E-state index contributed by atoms with van der Waals surface area (Å²) in [5, 5.41) is 9.90. The van der Waals surface area contributed by atoms with E-state index in [4.69, 9.17) is 4.99 Å². The van der Waals surface area contributed by atoms with Crippen molar-refractivity contribution < 1.29 is 4.79 Å². The standard InChI is InChI=1S/C19H37N5O/c1-3-11-21-18(25)15-24-13-9-17(10-14-24)23-19(20-4-2)22-12-5-6-16-7-8-16/h16-17H,3-15H2,1-2H3,(H,21,25)(H2,20,22,23). The zero-order chi connectivity index (χ0) is 17.9. The van der Waals surface area contributed by atoms with Gasteiger partial charge in [-0.25, -0.2) is 0 Å². The van der Waals surface area contributed by atoms with Crippen LogP contribution in [0, 0.1) is 5.92 Å². The molecule has 6 heteroatoms. The molecular formula is C19H37N5O. The van der Waals surface area contributed by atoms with Crippen molar-refractivity contribution in [2.24, 2.45) is 10.9 Å². The van der Waals surface area contributed by atoms with Crippen molar-refractivity contribution in [1.82, 2.24) is 20.9 Å². The molecule has 0 aromatic heterocycles. The average Bonchev–Trinajstić information content (AvgIpc) is 3.43. The Morgan fingerprint density at radius 2 is 1.88 bits per heavy atom. The van der Waals surface area contributed by atoms with Crippen molar-refractivity contribution >= 4 is 11.9 Å². The lowest BCUT2D eigenvalue weighted by Crippen LogP contribution is -2.50. The van der Waals surface area contributed by atoms with Crippen molar-refractivity contribution in [3.05, 3.63) is 0 Å². The summed E-state index contributed by atoms with van der Waals surface area (Å²) in [5.74, 6) is 2.10. The van der Waals surface area contributed by atoms with Gasteiger partial charge in [-0.15, -0.1) is 0 Å². The number of hydrogen-bond donors (Lipinski definition) is 3. The molecule has 25 heavy (non-hydrogen) atoms. The fourth-order valence-corrected chi connectivity index (χ4v) is 3.25. The number of amides is 1. The number of nitrogens with one attached hydrogen (secondary N) is 3. The summed E-state index contributed by atoms with van der Waals surface area (Å²) in [4.78, 5) is 18.8. The van der Waals surface area contributed by atoms with Crippen LogP contribution in [0.3, 0.4) is 0 Å². The highest BCUT2D eigenvalue weighted by molar-refractivity contribution is 5.80. The Balaban J connectivity index is 1.65. The largest absolute Gasteiger partial charge is 0.357 e. The van der Waals surface area contributed by atoms with Crippen LogP contribution in [-0.4, -0.2) is 62.1 Å². The summed E-state index contributed by atoms with van der Waals surface area (Å²) in [5.41, 5.74) is 0. The van der Waals surface area contributed by atoms with Gasteiger partial charge in [0.2, 0.25) is 5.91 Å². The number of carbonyl (C=O) groups excluding carboxylic acids is 1. The zero-order valence-corrected chi connectivity index (χ0v) is 16.1. The molecule has 2 fully saturated rings. The number of carbonyl (C=O) groups is 1. The highest BCUT2D eigenvalue weighted by Gasteiger charge is 2.22. The maximum absolute atomic E-state index is 11.8. The molecule has 144 valence electrons. The van der Waals surface area contributed by atoms with Gasteiger partial charge in [0.05, 0.1) is 6.54 Å². The van der Waals surface area contributed by atoms with E-state index in [1.165, 1.54) is 25.7 Å². The van der Waals surface area contributed by atoms with Gasteiger partial charge in [-0.1, -0.05) is 19.8 Å². The maximum atomic E-state index is 11.8. The molecule has 1 aliphatic carbocycles. The van der Waals surface area contributed by atoms with Gasteiger partial charge in [-0.05, 0) is 44.9 Å². The maximum Gasteiger partial charge on any atom is 0.234 e. The molecule has 0 radical (unpaired) electrons. The van der Waals surface area contributed by atoms with Gasteiger partial charge in [-0.3, -0.25) is 14.7 Å². The van der Waals surface area contributed by atoms with Crippen molar-refractivity contribution in [3.63, 3.8) is 0 Å². The topological polar surface area (TPSA) is 68.8 Å². The third-order valence-corrected chi connectivity index (χ3v) is 4.95. The van der Waals surface area contributed by atoms with Crippen LogP contribution < -0.4 is 16.0 Å². The van der Waals surface area contributed by atoms with Gasteiger partial charge < -0.3 is 16.0 Å². The molecule has 1 aliphatic heterocycles. The second-order valence-electron chi connectivity index (χ2n) is 7.39. The predicted octanol–water partition coefficient (Wildman–Crippen LogP) is 1.72. The van der Waals surface area contributed by atoms with Crippen molar-refractivity contribution in [2.45, 2.75) is 64.8 Å². The molecule has 2 rings (SSSR count). The van der Waals surface area contributed by atoms with Gasteiger partial charge in [-0.2, -0.15) is 0 Å². The molecule has 0 spiro atoms. The van der Waals surface area contributed by atoms with Gasteiger partial charge in [0, 0.05) is 38.8 Å². The molecule has 2 aliphatic rings. The number of rotatable bonds is 10. The molecular weight excluding hydrogens is 314 g/mol. The Morgan fingerprint density at radius 3 is 2.52 bits per heavy atom. The average molecular weight is 352 g/mol. The molecule has 3 N–H and O–H groups in total. The summed E-state index contributed by atoms with van der Waals surface area (Å²) in [6, 6.07) is 0.455. The lowest BCUT2D eigenvalue weighted by molar-refractivity contribution is -0.122. The Labute approximate surface area is 153 Å². The van der Waals surface area contributed by atoms with E-state index in [0.717, 1.165) is 63.9 Å². The third-order valence-electron chi connectivity index (χ3n) is 4.95. The first-order valence-electron chi connectivity index (χ1n) is 10.2. The summed E-state index contributed by atoms with van der Waals surface area (Å²) in [6.07, 6.45) is 8.51. The SMILES string of the molecule is CCCNC(=O)CN1CCC(NC(=NCCCC2CC2)NCC)CC1. The number of hydrogen-bond acceptors (Lipinski definition) is 3. The van der Waals surface area contributed by atoms with Crippen LogP contribution in [0.1, 0.15) is 58.8 Å². The van der Waals surface area contributed by atoms with Crippen LogP contribution in [0.5, 0.6) is 0 Å². The number of aliphatic imine (C=N–C) groups is 1. The Morgan fingerprint density at radius 1 is 1.12 bits per heavy atom. The van der Waals surface area contributed by atoms with Crippen LogP contribution in [0.4, 0.5) is 0 Å². The van der Waals surface area contributed by atoms with Gasteiger partial charge >= 0.3 is 0 Å². The summed E-state index contributed by atoms with van der Waals surface area (Å²) in [6.45, 7) is 9.25. The second kappa shape index (κ2) is 11.3. The van der Waals surface area contributed by atoms with E-state index < -0.39 is 0 Å². The van der Waals surface area contributed by atoms with E-state index in [-0.39, 0.29) is 5.91 Å². The third kappa shape index (κ3) is 8.56. The number of piperidine rings is 1. The molecule has 0 aromatic carbocycles. The second-order valence-corrected chi connectivity index (χ2v) is 7.39. The van der Waals surface area contributed by atoms with Crippen LogP contribution in [-0.2, 0) is 4.79 Å². The molecule has 1 heterocycles. The minimum atomic E-state index is 0.152. The lowest BCUT2D eigenvalue weighted by Gasteiger charge is -2.32. The molecule has 1 saturated carbocycles. The zero-order valence-electron chi connectivity index (χ0n) is 16.1. The molecule has 0 atom stereocenters. The fraction of sp³-hybridized carbons (Fsp3) is 0.895. The molecule has 1 amide bonds. The van der Waals surface area contributed by atoms with Crippen LogP contribution in [0.25, 0.3) is 0 Å². The first-order valence-corrected chi connectivity index (χ1v) is 10.2. The van der Waals surface area contributed by atoms with E-state index in [0.29, 0.717) is 12.6 Å². The van der Waals surface area contributed by atoms with E-state index in [1.54, 1.807) is 0 Å². The van der Waals surface area contributed by atoms with Crippen LogP contribution in [0.2, 0.25) is 0 Å². The summed E-state index contributed by atoms with van der Waals surface area (Å²) < 4.78 is 0. The first-order chi connectivity index (χ1) is 12.2. The quantitative estimate of drug-likeness (QED) is 0.318. The van der Waals surface area contributed by atoms with Crippen LogP contribution in [0.15, 0.2) is 4.99 Å². The first kappa shape index (κ1) is 20.0. The van der Waals surface area contributed by atoms with Gasteiger partial charge in [0.1, 0.15) is 0 Å². The fourth-order valence-electron chi connectivity index (χ4n) is 3.25. The molecule has 0 unspecified atom stereocenters. The number of likely N-dealkylation sites (tertiary alicyclic amines) is 1. The van der Waals surface area contributed by atoms with Crippen molar-refractivity contribution in [2.75, 3.05) is 39.3 Å². The highest BCUT2D eigenvalue weighted by atomic mass is 16.2. The normalized spacial score (nSPS) is 19.7. The highest BCUT2D eigenvalue weighted by Crippen LogP contribution is 2.33. The van der Waals surface area contributed by atoms with E-state index in [9.17, 15) is 4.79 Å². The van der Waals surface area contributed by atoms with Crippen LogP contribution >= 0.6 is 0 Å². The van der Waals surface area contributed by atoms with Gasteiger partial charge in [0.15, 0.2) is 5.96 Å². The monoisotopic (exact) mass is 351 g/mol. The summed E-state index contributed by atoms with van der Waals surface area (Å²) in [7, 11) is 0. The van der Waals surface area contributed by atoms with E-state index in [2.05, 4.69) is 34.7 Å². The minimum absolute atomic E-state index is 0.152. The Kier molecular flexibility index (Phi) is 9.08.